The van der Waals surface area contributed by atoms with E-state index in [0.717, 1.165) is 22.2 Å². The molecule has 0 radical (unpaired) electrons. The Hall–Kier alpha value is -3.96. The lowest BCUT2D eigenvalue weighted by Gasteiger charge is -2.50. The van der Waals surface area contributed by atoms with Crippen LogP contribution in [0.4, 0.5) is 8.78 Å². The number of aromatic nitrogens is 4. The molecule has 0 saturated heterocycles. The van der Waals surface area contributed by atoms with E-state index in [4.69, 9.17) is 15.5 Å². The maximum absolute atomic E-state index is 13.3. The van der Waals surface area contributed by atoms with Gasteiger partial charge in [0.1, 0.15) is 17.4 Å². The summed E-state index contributed by atoms with van der Waals surface area (Å²) in [7, 11) is 0. The maximum atomic E-state index is 13.3. The number of nitrogens with zero attached hydrogens (tertiary/aromatic N) is 4. The summed E-state index contributed by atoms with van der Waals surface area (Å²) in [5.41, 5.74) is 9.57. The molecule has 4 heterocycles. The molecule has 9 nitrogen and oxygen atoms in total. The highest BCUT2D eigenvalue weighted by molar-refractivity contribution is 5.98. The summed E-state index contributed by atoms with van der Waals surface area (Å²) in [6, 6.07) is 9.66. The van der Waals surface area contributed by atoms with Crippen LogP contribution < -0.4 is 15.8 Å². The van der Waals surface area contributed by atoms with Crippen molar-refractivity contribution in [3.8, 4) is 16.9 Å². The highest BCUT2D eigenvalue weighted by Crippen LogP contribution is 2.51. The van der Waals surface area contributed by atoms with Crippen LogP contribution in [0.25, 0.3) is 22.2 Å². The lowest BCUT2D eigenvalue weighted by Crippen LogP contribution is -2.56. The Kier molecular flexibility index (Phi) is 5.11. The summed E-state index contributed by atoms with van der Waals surface area (Å²) in [4.78, 5) is 26.8. The molecule has 4 aromatic rings. The van der Waals surface area contributed by atoms with Crippen molar-refractivity contribution in [2.45, 2.75) is 50.4 Å². The molecule has 3 aliphatic rings. The van der Waals surface area contributed by atoms with Crippen LogP contribution in [0.2, 0.25) is 0 Å². The third-order valence-electron chi connectivity index (χ3n) is 8.26. The second kappa shape index (κ2) is 8.27. The van der Waals surface area contributed by atoms with E-state index in [1.807, 2.05) is 29.7 Å². The van der Waals surface area contributed by atoms with Gasteiger partial charge in [0.05, 0.1) is 28.7 Å². The standard InChI is InChI=1S/C28H26F2N6O3/c1-27(13-37)11-28(31,12-27)25-32-9-15(10-33-25)14-5-6-17-19(7-14)36-20-8-18(23(36)34-17)35-24(38)16-3-2-4-21(22(16)20)39-26(29)30/h2-7,9-10,18,20,26,37H,8,11-13,31H2,1H3,(H,35,38)/t18-,20-,27?,28?/m1/s1. The maximum Gasteiger partial charge on any atom is 0.387 e. The van der Waals surface area contributed by atoms with Gasteiger partial charge in [0.2, 0.25) is 0 Å². The number of aliphatic hydroxyl groups is 1. The fraction of sp³-hybridized carbons (Fsp3) is 0.357. The molecule has 1 fully saturated rings. The number of amides is 1. The van der Waals surface area contributed by atoms with E-state index in [1.54, 1.807) is 24.5 Å². The number of carbonyl (C=O) groups excluding carboxylic acids is 1. The normalized spacial score (nSPS) is 27.1. The summed E-state index contributed by atoms with van der Waals surface area (Å²) in [6.07, 6.45) is 5.18. The average molecular weight is 533 g/mol. The molecule has 7 rings (SSSR count). The summed E-state index contributed by atoms with van der Waals surface area (Å²) >= 11 is 0. The summed E-state index contributed by atoms with van der Waals surface area (Å²) in [6.45, 7) is -0.945. The van der Waals surface area contributed by atoms with Crippen LogP contribution in [-0.4, -0.2) is 43.8 Å². The summed E-state index contributed by atoms with van der Waals surface area (Å²) in [5, 5.41) is 12.6. The van der Waals surface area contributed by atoms with Gasteiger partial charge in [-0.1, -0.05) is 19.1 Å². The van der Waals surface area contributed by atoms with Gasteiger partial charge in [0, 0.05) is 35.7 Å². The van der Waals surface area contributed by atoms with Crippen molar-refractivity contribution in [2.75, 3.05) is 6.61 Å². The van der Waals surface area contributed by atoms with Gasteiger partial charge in [-0.15, -0.1) is 0 Å². The number of fused-ring (bicyclic) bond motifs is 9. The van der Waals surface area contributed by atoms with E-state index in [0.29, 0.717) is 42.0 Å². The largest absolute Gasteiger partial charge is 0.434 e. The molecule has 1 amide bonds. The molecule has 0 spiro atoms. The molecular formula is C28H26F2N6O3. The summed E-state index contributed by atoms with van der Waals surface area (Å²) in [5.74, 6) is 0.873. The number of hydrogen-bond donors (Lipinski definition) is 3. The van der Waals surface area contributed by atoms with E-state index in [1.165, 1.54) is 6.07 Å². The van der Waals surface area contributed by atoms with Gasteiger partial charge in [-0.25, -0.2) is 15.0 Å². The number of alkyl halides is 2. The first kappa shape index (κ1) is 24.1. The zero-order chi connectivity index (χ0) is 27.1. The Balaban J connectivity index is 1.29. The lowest BCUT2D eigenvalue weighted by molar-refractivity contribution is -0.0507. The second-order valence-corrected chi connectivity index (χ2v) is 11.2. The molecule has 2 aromatic carbocycles. The van der Waals surface area contributed by atoms with Crippen molar-refractivity contribution >= 4 is 16.9 Å². The molecule has 2 atom stereocenters. The minimum absolute atomic E-state index is 0.0119. The Labute approximate surface area is 222 Å². The second-order valence-electron chi connectivity index (χ2n) is 11.2. The number of nitrogens with one attached hydrogen (secondary N) is 1. The van der Waals surface area contributed by atoms with Crippen molar-refractivity contribution in [2.24, 2.45) is 11.1 Å². The van der Waals surface area contributed by atoms with Gasteiger partial charge in [0.15, 0.2) is 0 Å². The van der Waals surface area contributed by atoms with Gasteiger partial charge < -0.3 is 25.5 Å². The average Bonchev–Trinajstić information content (AvgIpc) is 3.39. The number of nitrogens with two attached hydrogens (primary N) is 1. The zero-order valence-electron chi connectivity index (χ0n) is 21.1. The summed E-state index contributed by atoms with van der Waals surface area (Å²) < 4.78 is 33.4. The van der Waals surface area contributed by atoms with Gasteiger partial charge >= 0.3 is 6.61 Å². The molecule has 11 heteroatoms. The molecule has 0 unspecified atom stereocenters. The Morgan fingerprint density at radius 2 is 1.97 bits per heavy atom. The van der Waals surface area contributed by atoms with Gasteiger partial charge in [-0.05, 0) is 54.5 Å². The van der Waals surface area contributed by atoms with E-state index in [-0.39, 0.29) is 29.7 Å². The monoisotopic (exact) mass is 532 g/mol. The Morgan fingerprint density at radius 1 is 1.21 bits per heavy atom. The molecule has 2 bridgehead atoms. The molecule has 2 aromatic heterocycles. The number of rotatable bonds is 5. The van der Waals surface area contributed by atoms with Crippen LogP contribution in [0, 0.1) is 5.41 Å². The first-order chi connectivity index (χ1) is 18.7. The smallest absolute Gasteiger partial charge is 0.387 e. The van der Waals surface area contributed by atoms with Gasteiger partial charge in [0.25, 0.3) is 5.91 Å². The molecule has 200 valence electrons. The molecular weight excluding hydrogens is 506 g/mol. The van der Waals surface area contributed by atoms with Crippen molar-refractivity contribution in [1.82, 2.24) is 24.8 Å². The number of benzene rings is 2. The van der Waals surface area contributed by atoms with Crippen LogP contribution in [0.1, 0.15) is 65.8 Å². The molecule has 1 aliphatic carbocycles. The number of ether oxygens (including phenoxy) is 1. The minimum atomic E-state index is -3.02. The van der Waals surface area contributed by atoms with Crippen molar-refractivity contribution in [1.29, 1.82) is 0 Å². The van der Waals surface area contributed by atoms with Crippen LogP contribution in [0.5, 0.6) is 5.75 Å². The third-order valence-corrected chi connectivity index (χ3v) is 8.26. The zero-order valence-corrected chi connectivity index (χ0v) is 21.1. The van der Waals surface area contributed by atoms with E-state index < -0.39 is 18.2 Å². The third kappa shape index (κ3) is 3.64. The quantitative estimate of drug-likeness (QED) is 0.357. The molecule has 1 saturated carbocycles. The van der Waals surface area contributed by atoms with Crippen LogP contribution in [-0.2, 0) is 5.54 Å². The van der Waals surface area contributed by atoms with Crippen LogP contribution >= 0.6 is 0 Å². The lowest BCUT2D eigenvalue weighted by atomic mass is 9.58. The number of aliphatic hydroxyl groups excluding tert-OH is 1. The highest BCUT2D eigenvalue weighted by atomic mass is 19.3. The Bertz CT molecular complexity index is 1630. The number of imidazole rings is 1. The minimum Gasteiger partial charge on any atom is -0.434 e. The van der Waals surface area contributed by atoms with Crippen LogP contribution in [0.15, 0.2) is 48.8 Å². The van der Waals surface area contributed by atoms with Crippen LogP contribution in [0.3, 0.4) is 0 Å². The highest BCUT2D eigenvalue weighted by Gasteiger charge is 2.52. The SMILES string of the molecule is CC1(CO)CC(N)(c2ncc(-c3ccc4nc5n(c4c3)[C@@H]3C[C@H]5NC(=O)c4cccc(OC(F)F)c43)cn2)C1. The number of hydrogen-bond acceptors (Lipinski definition) is 7. The van der Waals surface area contributed by atoms with Gasteiger partial charge in [-0.2, -0.15) is 8.78 Å². The fourth-order valence-corrected chi connectivity index (χ4v) is 6.67. The predicted molar refractivity (Wildman–Crippen MR) is 137 cm³/mol. The van der Waals surface area contributed by atoms with Crippen molar-refractivity contribution < 1.29 is 23.4 Å². The van der Waals surface area contributed by atoms with Crippen molar-refractivity contribution in [3.05, 3.63) is 71.6 Å². The number of halogens is 2. The fourth-order valence-electron chi connectivity index (χ4n) is 6.67. The first-order valence-corrected chi connectivity index (χ1v) is 12.8. The first-order valence-electron chi connectivity index (χ1n) is 12.8. The Morgan fingerprint density at radius 3 is 2.69 bits per heavy atom. The topological polar surface area (TPSA) is 128 Å². The van der Waals surface area contributed by atoms with E-state index in [9.17, 15) is 18.7 Å². The molecule has 2 aliphatic heterocycles. The van der Waals surface area contributed by atoms with E-state index in [2.05, 4.69) is 15.3 Å². The number of carbonyl (C=O) groups is 1. The van der Waals surface area contributed by atoms with Crippen molar-refractivity contribution in [3.63, 3.8) is 0 Å². The predicted octanol–water partition coefficient (Wildman–Crippen LogP) is 3.82. The molecule has 39 heavy (non-hydrogen) atoms. The van der Waals surface area contributed by atoms with E-state index >= 15 is 0 Å². The van der Waals surface area contributed by atoms with Gasteiger partial charge in [-0.3, -0.25) is 4.79 Å². The molecule has 4 N–H and O–H groups in total.